The van der Waals surface area contributed by atoms with Gasteiger partial charge in [0, 0.05) is 11.8 Å². The smallest absolute Gasteiger partial charge is 0.343 e. The van der Waals surface area contributed by atoms with Crippen LogP contribution in [0.2, 0.25) is 5.02 Å². The molecule has 0 saturated carbocycles. The summed E-state index contributed by atoms with van der Waals surface area (Å²) in [5.41, 5.74) is -1.41. The second-order valence-corrected chi connectivity index (χ2v) is 6.15. The van der Waals surface area contributed by atoms with Gasteiger partial charge in [0.15, 0.2) is 11.6 Å². The summed E-state index contributed by atoms with van der Waals surface area (Å²) in [4.78, 5) is 24.9. The molecule has 0 aliphatic heterocycles. The summed E-state index contributed by atoms with van der Waals surface area (Å²) >= 11 is 5.95. The quantitative estimate of drug-likeness (QED) is 0.524. The van der Waals surface area contributed by atoms with Gasteiger partial charge in [0.2, 0.25) is 5.43 Å². The molecular formula is C19H13ClF3NO4. The predicted molar refractivity (Wildman–Crippen MR) is 96.3 cm³/mol. The van der Waals surface area contributed by atoms with Gasteiger partial charge in [0.1, 0.15) is 16.4 Å². The lowest BCUT2D eigenvalue weighted by Crippen LogP contribution is -2.21. The molecule has 0 aliphatic rings. The van der Waals surface area contributed by atoms with Crippen molar-refractivity contribution in [2.24, 2.45) is 0 Å². The Balaban J connectivity index is 2.51. The van der Waals surface area contributed by atoms with E-state index in [0.29, 0.717) is 6.07 Å². The van der Waals surface area contributed by atoms with Crippen LogP contribution in [0.4, 0.5) is 13.2 Å². The Hall–Kier alpha value is -2.84. The minimum absolute atomic E-state index is 0.0206. The number of carbonyl (C=O) groups excluding carboxylic acids is 1. The van der Waals surface area contributed by atoms with E-state index >= 15 is 0 Å². The van der Waals surface area contributed by atoms with Crippen LogP contribution in [-0.4, -0.2) is 22.2 Å². The van der Waals surface area contributed by atoms with E-state index in [9.17, 15) is 27.9 Å². The molecule has 0 atom stereocenters. The zero-order valence-corrected chi connectivity index (χ0v) is 15.2. The summed E-state index contributed by atoms with van der Waals surface area (Å²) in [6, 6.07) is 3.96. The molecule has 146 valence electrons. The van der Waals surface area contributed by atoms with E-state index in [2.05, 4.69) is 0 Å². The predicted octanol–water partition coefficient (Wildman–Crippen LogP) is 3.73. The van der Waals surface area contributed by atoms with Gasteiger partial charge in [-0.15, -0.1) is 0 Å². The molecule has 0 saturated heterocycles. The molecule has 0 fully saturated rings. The van der Waals surface area contributed by atoms with Crippen LogP contribution in [0, 0.1) is 17.5 Å². The van der Waals surface area contributed by atoms with Gasteiger partial charge < -0.3 is 14.4 Å². The van der Waals surface area contributed by atoms with Crippen molar-refractivity contribution in [1.82, 2.24) is 4.57 Å². The van der Waals surface area contributed by atoms with Gasteiger partial charge >= 0.3 is 5.97 Å². The van der Waals surface area contributed by atoms with Crippen molar-refractivity contribution in [2.45, 2.75) is 13.5 Å². The number of carbonyl (C=O) groups is 1. The third-order valence-electron chi connectivity index (χ3n) is 4.09. The lowest BCUT2D eigenvalue weighted by molar-refractivity contribution is 0.0524. The molecule has 0 radical (unpaired) electrons. The molecule has 28 heavy (non-hydrogen) atoms. The van der Waals surface area contributed by atoms with Crippen LogP contribution in [0.1, 0.15) is 22.8 Å². The first-order chi connectivity index (χ1) is 13.3. The Labute approximate surface area is 161 Å². The van der Waals surface area contributed by atoms with E-state index in [0.717, 1.165) is 22.9 Å². The lowest BCUT2D eigenvalue weighted by Gasteiger charge is -2.17. The molecule has 2 aromatic carbocycles. The van der Waals surface area contributed by atoms with Crippen LogP contribution in [0.3, 0.4) is 0 Å². The van der Waals surface area contributed by atoms with Crippen molar-refractivity contribution in [1.29, 1.82) is 0 Å². The largest absolute Gasteiger partial charge is 0.462 e. The second-order valence-electron chi connectivity index (χ2n) is 5.78. The number of aliphatic hydroxyl groups is 1. The Morgan fingerprint density at radius 1 is 1.25 bits per heavy atom. The minimum atomic E-state index is -1.39. The van der Waals surface area contributed by atoms with Crippen LogP contribution in [0.5, 0.6) is 0 Å². The summed E-state index contributed by atoms with van der Waals surface area (Å²) in [5, 5.41) is 8.49. The zero-order chi connectivity index (χ0) is 20.6. The molecular weight excluding hydrogens is 399 g/mol. The minimum Gasteiger partial charge on any atom is -0.462 e. The molecule has 5 nitrogen and oxygen atoms in total. The number of hydrogen-bond acceptors (Lipinski definition) is 4. The maximum Gasteiger partial charge on any atom is 0.343 e. The van der Waals surface area contributed by atoms with Crippen LogP contribution >= 0.6 is 11.6 Å². The summed E-state index contributed by atoms with van der Waals surface area (Å²) in [6.07, 6.45) is 1.04. The molecule has 0 amide bonds. The van der Waals surface area contributed by atoms with E-state index in [1.165, 1.54) is 13.0 Å². The van der Waals surface area contributed by atoms with Crippen molar-refractivity contribution in [3.05, 3.63) is 74.3 Å². The van der Waals surface area contributed by atoms with E-state index in [-0.39, 0.29) is 28.8 Å². The molecule has 9 heteroatoms. The number of halogens is 4. The van der Waals surface area contributed by atoms with Gasteiger partial charge in [-0.25, -0.2) is 18.0 Å². The highest BCUT2D eigenvalue weighted by atomic mass is 35.5. The molecule has 0 bridgehead atoms. The summed E-state index contributed by atoms with van der Waals surface area (Å²) < 4.78 is 47.5. The van der Waals surface area contributed by atoms with Gasteiger partial charge in [0.05, 0.1) is 29.8 Å². The fraction of sp³-hybridized carbons (Fsp3) is 0.158. The standard InChI is InChI=1S/C19H13ClF3NO4/c1-2-28-19(27)12-7-24(14-4-3-10(21)5-9(14)8-25)17-11(18(12)26)6-13(22)16(23)15(17)20/h3-7,25H,2,8H2,1H3. The van der Waals surface area contributed by atoms with Crippen molar-refractivity contribution in [2.75, 3.05) is 6.61 Å². The SMILES string of the molecule is CCOC(=O)c1cn(-c2ccc(F)cc2CO)c2c(Cl)c(F)c(F)cc2c1=O. The maximum absolute atomic E-state index is 14.1. The van der Waals surface area contributed by atoms with E-state index in [4.69, 9.17) is 16.3 Å². The van der Waals surface area contributed by atoms with Gasteiger partial charge in [-0.05, 0) is 31.2 Å². The second kappa shape index (κ2) is 7.65. The monoisotopic (exact) mass is 411 g/mol. The number of nitrogens with zero attached hydrogens (tertiary/aromatic N) is 1. The molecule has 3 rings (SSSR count). The van der Waals surface area contributed by atoms with Gasteiger partial charge in [0.25, 0.3) is 0 Å². The number of aromatic nitrogens is 1. The fourth-order valence-electron chi connectivity index (χ4n) is 2.85. The van der Waals surface area contributed by atoms with E-state index in [1.807, 2.05) is 0 Å². The highest BCUT2D eigenvalue weighted by Crippen LogP contribution is 2.30. The van der Waals surface area contributed by atoms with Crippen molar-refractivity contribution in [3.8, 4) is 5.69 Å². The number of fused-ring (bicyclic) bond motifs is 1. The first-order valence-corrected chi connectivity index (χ1v) is 8.47. The average Bonchev–Trinajstić information content (AvgIpc) is 2.67. The summed E-state index contributed by atoms with van der Waals surface area (Å²) in [6.45, 7) is 0.914. The first-order valence-electron chi connectivity index (χ1n) is 8.09. The molecule has 1 aromatic heterocycles. The normalized spacial score (nSPS) is 11.1. The van der Waals surface area contributed by atoms with Crippen molar-refractivity contribution < 1.29 is 27.8 Å². The molecule has 0 aliphatic carbocycles. The van der Waals surface area contributed by atoms with Gasteiger partial charge in [-0.1, -0.05) is 11.6 Å². The molecule has 0 unspecified atom stereocenters. The van der Waals surface area contributed by atoms with E-state index < -0.39 is 46.0 Å². The number of hydrogen-bond donors (Lipinski definition) is 1. The number of esters is 1. The van der Waals surface area contributed by atoms with Crippen molar-refractivity contribution in [3.63, 3.8) is 0 Å². The van der Waals surface area contributed by atoms with Gasteiger partial charge in [-0.2, -0.15) is 0 Å². The summed E-state index contributed by atoms with van der Waals surface area (Å²) in [5.74, 6) is -4.38. The Morgan fingerprint density at radius 3 is 2.61 bits per heavy atom. The van der Waals surface area contributed by atoms with Crippen LogP contribution in [0.15, 0.2) is 35.3 Å². The van der Waals surface area contributed by atoms with Crippen molar-refractivity contribution >= 4 is 28.5 Å². The Kier molecular flexibility index (Phi) is 5.44. The molecule has 1 heterocycles. The van der Waals surface area contributed by atoms with Gasteiger partial charge in [-0.3, -0.25) is 4.79 Å². The third kappa shape index (κ3) is 3.25. The zero-order valence-electron chi connectivity index (χ0n) is 14.4. The highest BCUT2D eigenvalue weighted by Gasteiger charge is 2.23. The topological polar surface area (TPSA) is 68.5 Å². The maximum atomic E-state index is 14.1. The number of ether oxygens (including phenoxy) is 1. The fourth-order valence-corrected chi connectivity index (χ4v) is 3.13. The lowest BCUT2D eigenvalue weighted by atomic mass is 10.1. The van der Waals surface area contributed by atoms with E-state index in [1.54, 1.807) is 0 Å². The number of benzene rings is 2. The molecule has 1 N–H and O–H groups in total. The van der Waals surface area contributed by atoms with Crippen LogP contribution in [-0.2, 0) is 11.3 Å². The Bertz CT molecular complexity index is 1160. The molecule has 0 spiro atoms. The number of rotatable bonds is 4. The first kappa shape index (κ1) is 19.9. The number of aliphatic hydroxyl groups excluding tert-OH is 1. The third-order valence-corrected chi connectivity index (χ3v) is 4.44. The number of pyridine rings is 1. The highest BCUT2D eigenvalue weighted by molar-refractivity contribution is 6.35. The summed E-state index contributed by atoms with van der Waals surface area (Å²) in [7, 11) is 0. The van der Waals surface area contributed by atoms with Crippen LogP contribution < -0.4 is 5.43 Å². The molecule has 3 aromatic rings. The Morgan fingerprint density at radius 2 is 1.96 bits per heavy atom. The average molecular weight is 412 g/mol. The van der Waals surface area contributed by atoms with Crippen LogP contribution in [0.25, 0.3) is 16.6 Å².